The van der Waals surface area contributed by atoms with Gasteiger partial charge in [0.05, 0.1) is 0 Å². The van der Waals surface area contributed by atoms with Crippen LogP contribution in [0.4, 0.5) is 8.78 Å². The second kappa shape index (κ2) is 5.31. The lowest BCUT2D eigenvalue weighted by Crippen LogP contribution is -2.49. The topological polar surface area (TPSA) is 75.3 Å². The average Bonchev–Trinajstić information content (AvgIpc) is 1.99. The van der Waals surface area contributed by atoms with Crippen molar-refractivity contribution in [1.29, 1.82) is 0 Å². The van der Waals surface area contributed by atoms with E-state index in [4.69, 9.17) is 22.4 Å². The van der Waals surface area contributed by atoms with Gasteiger partial charge in [0, 0.05) is 0 Å². The zero-order valence-corrected chi connectivity index (χ0v) is 7.52. The third-order valence-corrected chi connectivity index (χ3v) is 1.86. The van der Waals surface area contributed by atoms with Crippen molar-refractivity contribution in [3.8, 4) is 0 Å². The molecule has 7 heteroatoms. The average molecular weight is 217 g/mol. The predicted molar refractivity (Wildman–Crippen MR) is 43.6 cm³/mol. The van der Waals surface area contributed by atoms with Crippen LogP contribution in [0.1, 0.15) is 12.8 Å². The van der Waals surface area contributed by atoms with Crippen molar-refractivity contribution < 1.29 is 18.7 Å². The van der Waals surface area contributed by atoms with E-state index >= 15 is 0 Å². The van der Waals surface area contributed by atoms with Crippen molar-refractivity contribution in [2.75, 3.05) is 6.54 Å². The Morgan fingerprint density at radius 3 is 2.54 bits per heavy atom. The molecule has 4 N–H and O–H groups in total. The minimum absolute atomic E-state index is 0.148. The number of hydrogen-bond acceptors (Lipinski definition) is 3. The minimum Gasteiger partial charge on any atom is -0.479 e. The number of aliphatic carboxylic acids is 1. The van der Waals surface area contributed by atoms with Crippen LogP contribution < -0.4 is 11.1 Å². The van der Waals surface area contributed by atoms with Crippen LogP contribution in [0, 0.1) is 0 Å². The lowest BCUT2D eigenvalue weighted by Gasteiger charge is -2.22. The van der Waals surface area contributed by atoms with Crippen molar-refractivity contribution in [3.63, 3.8) is 0 Å². The minimum atomic E-state index is -2.97. The van der Waals surface area contributed by atoms with Gasteiger partial charge >= 0.3 is 5.97 Å². The molecule has 0 aromatic rings. The molecule has 0 aromatic carbocycles. The summed E-state index contributed by atoms with van der Waals surface area (Å²) < 4.78 is 23.7. The highest BCUT2D eigenvalue weighted by molar-refractivity contribution is 6.33. The predicted octanol–water partition coefficient (Wildman–Crippen LogP) is 0.557. The van der Waals surface area contributed by atoms with Crippen LogP contribution in [-0.4, -0.2) is 29.2 Å². The SMILES string of the molecule is NCCC[C@](Cl)(NC(F)F)C(=O)O. The molecule has 13 heavy (non-hydrogen) atoms. The zero-order valence-electron chi connectivity index (χ0n) is 6.77. The number of rotatable bonds is 6. The summed E-state index contributed by atoms with van der Waals surface area (Å²) in [6.07, 6.45) is 0.111. The molecule has 0 aliphatic rings. The Kier molecular flexibility index (Phi) is 5.12. The Morgan fingerprint density at radius 2 is 2.23 bits per heavy atom. The second-order valence-electron chi connectivity index (χ2n) is 2.44. The summed E-state index contributed by atoms with van der Waals surface area (Å²) in [6, 6.07) is 0. The van der Waals surface area contributed by atoms with Gasteiger partial charge in [-0.3, -0.25) is 0 Å². The first-order chi connectivity index (χ1) is 5.92. The highest BCUT2D eigenvalue weighted by atomic mass is 35.5. The van der Waals surface area contributed by atoms with Gasteiger partial charge in [-0.15, -0.1) is 0 Å². The van der Waals surface area contributed by atoms with Gasteiger partial charge in [-0.1, -0.05) is 11.6 Å². The van der Waals surface area contributed by atoms with Gasteiger partial charge < -0.3 is 10.8 Å². The molecule has 0 saturated carbocycles. The first-order valence-corrected chi connectivity index (χ1v) is 3.98. The summed E-state index contributed by atoms with van der Waals surface area (Å²) in [6.45, 7) is -2.77. The maximum absolute atomic E-state index is 11.8. The van der Waals surface area contributed by atoms with Crippen molar-refractivity contribution in [3.05, 3.63) is 0 Å². The van der Waals surface area contributed by atoms with Gasteiger partial charge in [0.25, 0.3) is 6.55 Å². The summed E-state index contributed by atoms with van der Waals surface area (Å²) in [5.41, 5.74) is 5.10. The van der Waals surface area contributed by atoms with E-state index in [1.165, 1.54) is 5.32 Å². The number of carboxylic acid groups (broad SMARTS) is 1. The highest BCUT2D eigenvalue weighted by Gasteiger charge is 2.37. The molecule has 0 aliphatic heterocycles. The van der Waals surface area contributed by atoms with Crippen molar-refractivity contribution in [2.45, 2.75) is 24.4 Å². The number of hydrogen-bond donors (Lipinski definition) is 3. The molecule has 1 atom stereocenters. The summed E-state index contributed by atoms with van der Waals surface area (Å²) in [7, 11) is 0. The van der Waals surface area contributed by atoms with E-state index < -0.39 is 17.5 Å². The van der Waals surface area contributed by atoms with Gasteiger partial charge in [0.15, 0.2) is 5.00 Å². The third kappa shape index (κ3) is 4.35. The normalized spacial score (nSPS) is 15.8. The van der Waals surface area contributed by atoms with Crippen LogP contribution in [0.3, 0.4) is 0 Å². The van der Waals surface area contributed by atoms with Crippen molar-refractivity contribution in [1.82, 2.24) is 5.32 Å². The fourth-order valence-electron chi connectivity index (χ4n) is 0.759. The van der Waals surface area contributed by atoms with Crippen molar-refractivity contribution >= 4 is 17.6 Å². The van der Waals surface area contributed by atoms with E-state index in [0.29, 0.717) is 0 Å². The zero-order chi connectivity index (χ0) is 10.5. The van der Waals surface area contributed by atoms with Gasteiger partial charge in [-0.2, -0.15) is 8.78 Å². The monoisotopic (exact) mass is 216 g/mol. The number of halogens is 3. The summed E-state index contributed by atoms with van der Waals surface area (Å²) >= 11 is 5.40. The summed E-state index contributed by atoms with van der Waals surface area (Å²) in [5, 5.41) is 10.0. The van der Waals surface area contributed by atoms with E-state index in [1.54, 1.807) is 0 Å². The van der Waals surface area contributed by atoms with Crippen LogP contribution in [0.15, 0.2) is 0 Å². The Labute approximate surface area is 79.0 Å². The molecule has 0 spiro atoms. The Balaban J connectivity index is 4.25. The standard InChI is InChI=1S/C6H11ClF2N2O2/c7-6(4(12)13,2-1-3-10)11-5(8)9/h5,11H,1-3,10H2,(H,12,13)/t6-/m0/s1. The van der Waals surface area contributed by atoms with Crippen molar-refractivity contribution in [2.24, 2.45) is 5.73 Å². The fourth-order valence-corrected chi connectivity index (χ4v) is 0.976. The molecule has 0 heterocycles. The molecule has 0 saturated heterocycles. The molecule has 0 bridgehead atoms. The smallest absolute Gasteiger partial charge is 0.339 e. The van der Waals surface area contributed by atoms with E-state index in [0.717, 1.165) is 0 Å². The van der Waals surface area contributed by atoms with E-state index in [9.17, 15) is 13.6 Å². The molecule has 0 fully saturated rings. The lowest BCUT2D eigenvalue weighted by molar-refractivity contribution is -0.143. The Bertz CT molecular complexity index is 182. The quantitative estimate of drug-likeness (QED) is 0.448. The molecule has 0 unspecified atom stereocenters. The molecule has 0 rings (SSSR count). The molecular weight excluding hydrogens is 206 g/mol. The largest absolute Gasteiger partial charge is 0.479 e. The number of alkyl halides is 3. The first-order valence-electron chi connectivity index (χ1n) is 3.60. The maximum atomic E-state index is 11.8. The molecule has 0 aromatic heterocycles. The van der Waals surface area contributed by atoms with Crippen LogP contribution in [0.2, 0.25) is 0 Å². The number of nitrogens with two attached hydrogens (primary N) is 1. The van der Waals surface area contributed by atoms with Gasteiger partial charge in [-0.05, 0) is 19.4 Å². The molecule has 0 aliphatic carbocycles. The molecule has 0 radical (unpaired) electrons. The van der Waals surface area contributed by atoms with Crippen LogP contribution in [-0.2, 0) is 4.79 Å². The summed E-state index contributed by atoms with van der Waals surface area (Å²) in [5.74, 6) is -1.53. The van der Waals surface area contributed by atoms with Crippen LogP contribution >= 0.6 is 11.6 Å². The van der Waals surface area contributed by atoms with Crippen LogP contribution in [0.25, 0.3) is 0 Å². The number of nitrogens with one attached hydrogen (secondary N) is 1. The Hall–Kier alpha value is -0.460. The van der Waals surface area contributed by atoms with Gasteiger partial charge in [0.2, 0.25) is 0 Å². The first kappa shape index (κ1) is 12.5. The fraction of sp³-hybridized carbons (Fsp3) is 0.833. The third-order valence-electron chi connectivity index (χ3n) is 1.40. The lowest BCUT2D eigenvalue weighted by atomic mass is 10.1. The van der Waals surface area contributed by atoms with E-state index in [1.807, 2.05) is 0 Å². The number of carboxylic acids is 1. The number of carbonyl (C=O) groups is 1. The van der Waals surface area contributed by atoms with E-state index in [2.05, 4.69) is 0 Å². The van der Waals surface area contributed by atoms with Gasteiger partial charge in [0.1, 0.15) is 0 Å². The Morgan fingerprint density at radius 1 is 1.69 bits per heavy atom. The maximum Gasteiger partial charge on any atom is 0.339 e. The molecule has 4 nitrogen and oxygen atoms in total. The highest BCUT2D eigenvalue weighted by Crippen LogP contribution is 2.19. The second-order valence-corrected chi connectivity index (χ2v) is 3.09. The molecule has 78 valence electrons. The molecule has 0 amide bonds. The van der Waals surface area contributed by atoms with E-state index in [-0.39, 0.29) is 19.4 Å². The molecular formula is C6H11ClF2N2O2. The van der Waals surface area contributed by atoms with Crippen LogP contribution in [0.5, 0.6) is 0 Å². The van der Waals surface area contributed by atoms with Gasteiger partial charge in [-0.25, -0.2) is 10.1 Å². The summed E-state index contributed by atoms with van der Waals surface area (Å²) in [4.78, 5) is 8.38.